The van der Waals surface area contributed by atoms with Crippen molar-refractivity contribution in [2.45, 2.75) is 17.6 Å². The molecule has 0 saturated heterocycles. The van der Waals surface area contributed by atoms with E-state index in [0.29, 0.717) is 5.56 Å². The summed E-state index contributed by atoms with van der Waals surface area (Å²) in [6.07, 6.45) is -2.95. The number of amides is 1. The maximum Gasteiger partial charge on any atom is 0.416 e. The monoisotopic (exact) mass is 441 g/mol. The van der Waals surface area contributed by atoms with E-state index in [1.54, 1.807) is 5.38 Å². The van der Waals surface area contributed by atoms with Crippen molar-refractivity contribution >= 4 is 32.4 Å². The second kappa shape index (κ2) is 8.21. The Hall–Kier alpha value is -2.92. The fraction of sp³-hybridized carbons (Fsp3) is 0.111. The van der Waals surface area contributed by atoms with Crippen LogP contribution in [0.2, 0.25) is 0 Å². The third-order valence-corrected chi connectivity index (χ3v) is 5.99. The van der Waals surface area contributed by atoms with Crippen molar-refractivity contribution in [1.29, 1.82) is 0 Å². The number of carbonyl (C=O) groups is 1. The second-order valence-electron chi connectivity index (χ2n) is 5.84. The molecule has 0 aliphatic carbocycles. The molecule has 3 aromatic rings. The number of nitrogens with one attached hydrogen (secondary N) is 2. The normalized spacial score (nSPS) is 11.8. The van der Waals surface area contributed by atoms with Crippen LogP contribution in [0.4, 0.5) is 18.3 Å². The van der Waals surface area contributed by atoms with Crippen molar-refractivity contribution in [3.8, 4) is 0 Å². The average Bonchev–Trinajstić information content (AvgIpc) is 3.18. The van der Waals surface area contributed by atoms with Crippen LogP contribution >= 0.6 is 11.3 Å². The van der Waals surface area contributed by atoms with Crippen LogP contribution in [-0.4, -0.2) is 19.3 Å². The molecule has 0 radical (unpaired) electrons. The van der Waals surface area contributed by atoms with Crippen molar-refractivity contribution in [1.82, 2.24) is 10.3 Å². The van der Waals surface area contributed by atoms with E-state index in [1.165, 1.54) is 42.6 Å². The Bertz CT molecular complexity index is 1080. The van der Waals surface area contributed by atoms with Crippen molar-refractivity contribution in [3.05, 3.63) is 76.8 Å². The van der Waals surface area contributed by atoms with E-state index in [1.807, 2.05) is 0 Å². The Balaban J connectivity index is 1.62. The van der Waals surface area contributed by atoms with Crippen molar-refractivity contribution in [3.63, 3.8) is 0 Å². The lowest BCUT2D eigenvalue weighted by atomic mass is 10.1. The third-order valence-electron chi connectivity index (χ3n) is 3.82. The molecule has 0 unspecified atom stereocenters. The molecule has 1 heterocycles. The van der Waals surface area contributed by atoms with E-state index in [0.717, 1.165) is 23.5 Å². The van der Waals surface area contributed by atoms with Gasteiger partial charge in [-0.1, -0.05) is 12.1 Å². The van der Waals surface area contributed by atoms with Gasteiger partial charge in [-0.2, -0.15) is 13.2 Å². The molecule has 11 heteroatoms. The zero-order valence-electron chi connectivity index (χ0n) is 14.6. The first-order valence-electron chi connectivity index (χ1n) is 8.12. The molecule has 0 saturated carbocycles. The van der Waals surface area contributed by atoms with Gasteiger partial charge in [-0.05, 0) is 42.0 Å². The quantitative estimate of drug-likeness (QED) is 0.608. The summed E-state index contributed by atoms with van der Waals surface area (Å²) in [5.41, 5.74) is -0.0564. The van der Waals surface area contributed by atoms with E-state index in [9.17, 15) is 26.4 Å². The molecule has 2 N–H and O–H groups in total. The number of halogens is 3. The van der Waals surface area contributed by atoms with Gasteiger partial charge in [-0.15, -0.1) is 11.3 Å². The first kappa shape index (κ1) is 20.8. The third kappa shape index (κ3) is 5.33. The summed E-state index contributed by atoms with van der Waals surface area (Å²) in [6.45, 7) is 0.0304. The highest BCUT2D eigenvalue weighted by Gasteiger charge is 2.29. The maximum absolute atomic E-state index is 12.6. The van der Waals surface area contributed by atoms with E-state index in [2.05, 4.69) is 15.0 Å². The highest BCUT2D eigenvalue weighted by molar-refractivity contribution is 7.93. The van der Waals surface area contributed by atoms with Crippen LogP contribution in [0.25, 0.3) is 0 Å². The van der Waals surface area contributed by atoms with Gasteiger partial charge < -0.3 is 5.32 Å². The summed E-state index contributed by atoms with van der Waals surface area (Å²) in [6, 6.07) is 9.70. The molecule has 0 atom stereocenters. The first-order chi connectivity index (χ1) is 13.6. The summed E-state index contributed by atoms with van der Waals surface area (Å²) in [5.74, 6) is -0.485. The fourth-order valence-corrected chi connectivity index (χ4v) is 4.12. The molecule has 152 valence electrons. The molecule has 0 spiro atoms. The van der Waals surface area contributed by atoms with Crippen molar-refractivity contribution in [2.75, 3.05) is 4.72 Å². The molecule has 0 aliphatic rings. The molecule has 3 rings (SSSR count). The van der Waals surface area contributed by atoms with E-state index < -0.39 is 27.7 Å². The number of anilines is 1. The van der Waals surface area contributed by atoms with Crippen LogP contribution in [0.3, 0.4) is 0 Å². The molecule has 0 aliphatic heterocycles. The number of thiazole rings is 1. The molecule has 0 fully saturated rings. The van der Waals surface area contributed by atoms with Crippen molar-refractivity contribution < 1.29 is 26.4 Å². The smallest absolute Gasteiger partial charge is 0.348 e. The van der Waals surface area contributed by atoms with Gasteiger partial charge in [0.2, 0.25) is 0 Å². The zero-order valence-corrected chi connectivity index (χ0v) is 16.2. The minimum absolute atomic E-state index is 0.0304. The number of aromatic nitrogens is 1. The van der Waals surface area contributed by atoms with Crippen LogP contribution in [0, 0.1) is 0 Å². The Labute approximate surface area is 168 Å². The largest absolute Gasteiger partial charge is 0.416 e. The van der Waals surface area contributed by atoms with E-state index in [-0.39, 0.29) is 22.1 Å². The van der Waals surface area contributed by atoms with E-state index >= 15 is 0 Å². The Morgan fingerprint density at radius 3 is 2.24 bits per heavy atom. The lowest BCUT2D eigenvalue weighted by molar-refractivity contribution is -0.137. The maximum atomic E-state index is 12.6. The second-order valence-corrected chi connectivity index (χ2v) is 8.42. The van der Waals surface area contributed by atoms with Crippen LogP contribution < -0.4 is 10.0 Å². The predicted molar refractivity (Wildman–Crippen MR) is 102 cm³/mol. The molecular formula is C18H14F3N3O3S2. The van der Waals surface area contributed by atoms with Crippen molar-refractivity contribution in [2.24, 2.45) is 0 Å². The first-order valence-corrected chi connectivity index (χ1v) is 10.5. The summed E-state index contributed by atoms with van der Waals surface area (Å²) in [7, 11) is -3.82. The highest BCUT2D eigenvalue weighted by Crippen LogP contribution is 2.29. The molecule has 1 aromatic heterocycles. The standard InChI is InChI=1S/C18H14F3N3O3S2/c19-18(20,21)14-5-1-12(2-6-14)11-23-16(25)13-3-7-15(8-4-13)29(26,27)24-17-22-9-10-28-17/h1-10H,11H2,(H,22,24)(H,23,25). The summed E-state index contributed by atoms with van der Waals surface area (Å²) in [4.78, 5) is 16.0. The molecule has 0 bridgehead atoms. The van der Waals surface area contributed by atoms with Crippen LogP contribution in [0.5, 0.6) is 0 Å². The molecule has 6 nitrogen and oxygen atoms in total. The van der Waals surface area contributed by atoms with Gasteiger partial charge in [0.15, 0.2) is 5.13 Å². The minimum atomic E-state index is -4.42. The molecule has 1 amide bonds. The zero-order chi connectivity index (χ0) is 21.1. The number of hydrogen-bond acceptors (Lipinski definition) is 5. The minimum Gasteiger partial charge on any atom is -0.348 e. The van der Waals surface area contributed by atoms with Gasteiger partial charge in [0.05, 0.1) is 10.5 Å². The topological polar surface area (TPSA) is 88.2 Å². The van der Waals surface area contributed by atoms with Gasteiger partial charge in [0, 0.05) is 23.7 Å². The summed E-state index contributed by atoms with van der Waals surface area (Å²) >= 11 is 1.13. The lowest BCUT2D eigenvalue weighted by Gasteiger charge is -2.09. The van der Waals surface area contributed by atoms with Gasteiger partial charge in [-0.25, -0.2) is 13.4 Å². The number of benzene rings is 2. The SMILES string of the molecule is O=C(NCc1ccc(C(F)(F)F)cc1)c1ccc(S(=O)(=O)Nc2nccs2)cc1. The average molecular weight is 441 g/mol. The lowest BCUT2D eigenvalue weighted by Crippen LogP contribution is -2.23. The molecule has 29 heavy (non-hydrogen) atoms. The number of sulfonamides is 1. The van der Waals surface area contributed by atoms with Crippen LogP contribution in [0.1, 0.15) is 21.5 Å². The predicted octanol–water partition coefficient (Wildman–Crippen LogP) is 3.89. The highest BCUT2D eigenvalue weighted by atomic mass is 32.2. The number of nitrogens with zero attached hydrogens (tertiary/aromatic N) is 1. The summed E-state index contributed by atoms with van der Waals surface area (Å²) in [5, 5.41) is 4.43. The Kier molecular flexibility index (Phi) is 5.89. The number of carbonyl (C=O) groups excluding carboxylic acids is 1. The van der Waals surface area contributed by atoms with Gasteiger partial charge in [0.25, 0.3) is 15.9 Å². The Morgan fingerprint density at radius 2 is 1.69 bits per heavy atom. The fourth-order valence-electron chi connectivity index (χ4n) is 2.33. The van der Waals surface area contributed by atoms with Gasteiger partial charge >= 0.3 is 6.18 Å². The summed E-state index contributed by atoms with van der Waals surface area (Å²) < 4.78 is 64.5. The van der Waals surface area contributed by atoms with Gasteiger partial charge in [-0.3, -0.25) is 9.52 Å². The number of alkyl halides is 3. The number of hydrogen-bond donors (Lipinski definition) is 2. The van der Waals surface area contributed by atoms with E-state index in [4.69, 9.17) is 0 Å². The molecule has 2 aromatic carbocycles. The molecular weight excluding hydrogens is 427 g/mol. The van der Waals surface area contributed by atoms with Crippen LogP contribution in [-0.2, 0) is 22.7 Å². The van der Waals surface area contributed by atoms with Gasteiger partial charge in [0.1, 0.15) is 0 Å². The Morgan fingerprint density at radius 1 is 1.03 bits per heavy atom. The van der Waals surface area contributed by atoms with Crippen LogP contribution in [0.15, 0.2) is 65.0 Å². The number of rotatable bonds is 6.